The van der Waals surface area contributed by atoms with Gasteiger partial charge in [0.1, 0.15) is 0 Å². The zero-order valence-electron chi connectivity index (χ0n) is 9.17. The van der Waals surface area contributed by atoms with Crippen LogP contribution in [0, 0.1) is 0 Å². The zero-order valence-corrected chi connectivity index (χ0v) is 9.98. The van der Waals surface area contributed by atoms with Crippen LogP contribution in [-0.4, -0.2) is 48.6 Å². The molecule has 3 heteroatoms. The summed E-state index contributed by atoms with van der Waals surface area (Å²) < 4.78 is 0. The normalized spacial score (nSPS) is 35.8. The Morgan fingerprint density at radius 1 is 1.14 bits per heavy atom. The standard InChI is InChI=1S/C11H22N2S/c1-14-11-5-2-4-10(11)13-8-3-6-12-7-9-13/h10-12H,2-9H2,1H3. The molecule has 0 aromatic heterocycles. The Morgan fingerprint density at radius 2 is 2.07 bits per heavy atom. The minimum Gasteiger partial charge on any atom is -0.315 e. The van der Waals surface area contributed by atoms with E-state index in [4.69, 9.17) is 0 Å². The molecule has 1 heterocycles. The van der Waals surface area contributed by atoms with E-state index in [9.17, 15) is 0 Å². The molecule has 2 atom stereocenters. The molecule has 1 aliphatic heterocycles. The van der Waals surface area contributed by atoms with E-state index in [2.05, 4.69) is 28.2 Å². The highest BCUT2D eigenvalue weighted by Crippen LogP contribution is 2.32. The van der Waals surface area contributed by atoms with E-state index in [-0.39, 0.29) is 0 Å². The minimum atomic E-state index is 0.880. The predicted octanol–water partition coefficient (Wildman–Crippen LogP) is 1.57. The summed E-state index contributed by atoms with van der Waals surface area (Å²) in [6, 6.07) is 0.880. The van der Waals surface area contributed by atoms with Gasteiger partial charge in [-0.25, -0.2) is 0 Å². The summed E-state index contributed by atoms with van der Waals surface area (Å²) in [4.78, 5) is 2.73. The van der Waals surface area contributed by atoms with Crippen molar-refractivity contribution in [1.82, 2.24) is 10.2 Å². The number of hydrogen-bond acceptors (Lipinski definition) is 3. The van der Waals surface area contributed by atoms with Crippen molar-refractivity contribution in [2.24, 2.45) is 0 Å². The van der Waals surface area contributed by atoms with Crippen LogP contribution in [0.1, 0.15) is 25.7 Å². The number of nitrogens with zero attached hydrogens (tertiary/aromatic N) is 1. The Morgan fingerprint density at radius 3 is 2.93 bits per heavy atom. The van der Waals surface area contributed by atoms with E-state index in [1.165, 1.54) is 51.9 Å². The van der Waals surface area contributed by atoms with E-state index in [0.717, 1.165) is 11.3 Å². The van der Waals surface area contributed by atoms with Crippen LogP contribution in [0.5, 0.6) is 0 Å². The van der Waals surface area contributed by atoms with Gasteiger partial charge in [-0.2, -0.15) is 11.8 Å². The van der Waals surface area contributed by atoms with E-state index in [1.807, 2.05) is 0 Å². The van der Waals surface area contributed by atoms with Crippen LogP contribution in [0.2, 0.25) is 0 Å². The Bertz CT molecular complexity index is 167. The van der Waals surface area contributed by atoms with Gasteiger partial charge >= 0.3 is 0 Å². The molecule has 0 spiro atoms. The SMILES string of the molecule is CSC1CCCC1N1CCCNCC1. The van der Waals surface area contributed by atoms with Crippen LogP contribution < -0.4 is 5.32 Å². The van der Waals surface area contributed by atoms with Crippen LogP contribution >= 0.6 is 11.8 Å². The molecule has 0 aromatic carbocycles. The molecule has 2 nitrogen and oxygen atoms in total. The van der Waals surface area contributed by atoms with E-state index in [0.29, 0.717) is 0 Å². The van der Waals surface area contributed by atoms with Crippen LogP contribution in [0.15, 0.2) is 0 Å². The topological polar surface area (TPSA) is 15.3 Å². The highest BCUT2D eigenvalue weighted by molar-refractivity contribution is 7.99. The van der Waals surface area contributed by atoms with Crippen LogP contribution in [0.25, 0.3) is 0 Å². The summed E-state index contributed by atoms with van der Waals surface area (Å²) in [5, 5.41) is 4.40. The predicted molar refractivity (Wildman–Crippen MR) is 64.0 cm³/mol. The van der Waals surface area contributed by atoms with Gasteiger partial charge in [0.05, 0.1) is 0 Å². The summed E-state index contributed by atoms with van der Waals surface area (Å²) in [5.74, 6) is 0. The molecular formula is C11H22N2S. The molecule has 0 radical (unpaired) electrons. The van der Waals surface area contributed by atoms with Crippen LogP contribution in [-0.2, 0) is 0 Å². The maximum absolute atomic E-state index is 3.49. The first-order valence-electron chi connectivity index (χ1n) is 5.89. The summed E-state index contributed by atoms with van der Waals surface area (Å²) in [5.41, 5.74) is 0. The van der Waals surface area contributed by atoms with Crippen molar-refractivity contribution in [3.63, 3.8) is 0 Å². The van der Waals surface area contributed by atoms with E-state index < -0.39 is 0 Å². The second-order valence-electron chi connectivity index (χ2n) is 4.41. The molecule has 2 fully saturated rings. The summed E-state index contributed by atoms with van der Waals surface area (Å²) >= 11 is 2.08. The molecule has 14 heavy (non-hydrogen) atoms. The zero-order chi connectivity index (χ0) is 9.80. The number of nitrogens with one attached hydrogen (secondary N) is 1. The van der Waals surface area contributed by atoms with Gasteiger partial charge in [-0.1, -0.05) is 6.42 Å². The first-order valence-corrected chi connectivity index (χ1v) is 7.18. The molecule has 1 saturated heterocycles. The average Bonchev–Trinajstić information content (AvgIpc) is 2.52. The summed E-state index contributed by atoms with van der Waals surface area (Å²) in [6.07, 6.45) is 7.93. The van der Waals surface area contributed by atoms with Gasteiger partial charge in [-0.15, -0.1) is 0 Å². The third-order valence-electron chi connectivity index (χ3n) is 3.56. The molecule has 82 valence electrons. The van der Waals surface area contributed by atoms with Crippen molar-refractivity contribution < 1.29 is 0 Å². The van der Waals surface area contributed by atoms with Crippen LogP contribution in [0.3, 0.4) is 0 Å². The highest BCUT2D eigenvalue weighted by Gasteiger charge is 2.31. The third kappa shape index (κ3) is 2.44. The van der Waals surface area contributed by atoms with Crippen molar-refractivity contribution in [1.29, 1.82) is 0 Å². The molecule has 1 aliphatic carbocycles. The van der Waals surface area contributed by atoms with Gasteiger partial charge in [-0.3, -0.25) is 4.90 Å². The maximum Gasteiger partial charge on any atom is 0.0215 e. The van der Waals surface area contributed by atoms with Gasteiger partial charge in [0.2, 0.25) is 0 Å². The Kier molecular flexibility index (Phi) is 4.14. The molecular weight excluding hydrogens is 192 g/mol. The number of rotatable bonds is 2. The molecule has 0 bridgehead atoms. The van der Waals surface area contributed by atoms with Gasteiger partial charge in [0, 0.05) is 24.4 Å². The maximum atomic E-state index is 3.49. The number of thioether (sulfide) groups is 1. The lowest BCUT2D eigenvalue weighted by Crippen LogP contribution is -2.41. The smallest absolute Gasteiger partial charge is 0.0215 e. The largest absolute Gasteiger partial charge is 0.315 e. The molecule has 2 aliphatic rings. The highest BCUT2D eigenvalue weighted by atomic mass is 32.2. The lowest BCUT2D eigenvalue weighted by atomic mass is 10.2. The lowest BCUT2D eigenvalue weighted by Gasteiger charge is -2.31. The van der Waals surface area contributed by atoms with Crippen molar-refractivity contribution in [3.05, 3.63) is 0 Å². The minimum absolute atomic E-state index is 0.880. The van der Waals surface area contributed by atoms with Crippen molar-refractivity contribution in [2.45, 2.75) is 37.0 Å². The monoisotopic (exact) mass is 214 g/mol. The fourth-order valence-corrected chi connectivity index (χ4v) is 3.82. The fourth-order valence-electron chi connectivity index (χ4n) is 2.80. The fraction of sp³-hybridized carbons (Fsp3) is 1.00. The number of hydrogen-bond donors (Lipinski definition) is 1. The van der Waals surface area contributed by atoms with Crippen molar-refractivity contribution in [2.75, 3.05) is 32.4 Å². The van der Waals surface area contributed by atoms with Crippen molar-refractivity contribution >= 4 is 11.8 Å². The molecule has 0 aromatic rings. The quantitative estimate of drug-likeness (QED) is 0.751. The third-order valence-corrected chi connectivity index (χ3v) is 4.72. The second kappa shape index (κ2) is 5.38. The summed E-state index contributed by atoms with van der Waals surface area (Å²) in [7, 11) is 0. The van der Waals surface area contributed by atoms with Crippen molar-refractivity contribution in [3.8, 4) is 0 Å². The molecule has 2 unspecified atom stereocenters. The molecule has 2 rings (SSSR count). The van der Waals surface area contributed by atoms with Crippen LogP contribution in [0.4, 0.5) is 0 Å². The first kappa shape index (κ1) is 10.8. The van der Waals surface area contributed by atoms with Gasteiger partial charge in [-0.05, 0) is 38.6 Å². The van der Waals surface area contributed by atoms with Gasteiger partial charge in [0.25, 0.3) is 0 Å². The van der Waals surface area contributed by atoms with Gasteiger partial charge < -0.3 is 5.32 Å². The molecule has 0 amide bonds. The Labute approximate surface area is 91.8 Å². The van der Waals surface area contributed by atoms with Gasteiger partial charge in [0.15, 0.2) is 0 Å². The lowest BCUT2D eigenvalue weighted by molar-refractivity contribution is 0.216. The average molecular weight is 214 g/mol. The molecule has 1 N–H and O–H groups in total. The summed E-state index contributed by atoms with van der Waals surface area (Å²) in [6.45, 7) is 4.99. The molecule has 1 saturated carbocycles. The van der Waals surface area contributed by atoms with E-state index >= 15 is 0 Å². The Balaban J connectivity index is 1.91. The Hall–Kier alpha value is 0.270. The van der Waals surface area contributed by atoms with E-state index in [1.54, 1.807) is 0 Å². The second-order valence-corrected chi connectivity index (χ2v) is 5.49. The first-order chi connectivity index (χ1) is 6.92.